The number of hydrogen-bond donors (Lipinski definition) is 0. The number of hydrogen-bond acceptors (Lipinski definition) is 3. The van der Waals surface area contributed by atoms with E-state index in [1.54, 1.807) is 6.08 Å². The van der Waals surface area contributed by atoms with Gasteiger partial charge in [-0.05, 0) is 41.8 Å². The van der Waals surface area contributed by atoms with Crippen molar-refractivity contribution in [3.05, 3.63) is 40.4 Å². The van der Waals surface area contributed by atoms with Crippen LogP contribution in [0.2, 0.25) is 10.6 Å². The van der Waals surface area contributed by atoms with E-state index in [0.29, 0.717) is 12.2 Å². The Balaban J connectivity index is 2.28. The van der Waals surface area contributed by atoms with Gasteiger partial charge < -0.3 is 0 Å². The fraction of sp³-hybridized carbons (Fsp3) is 0.222. The van der Waals surface area contributed by atoms with Gasteiger partial charge in [-0.25, -0.2) is 14.4 Å². The minimum atomic E-state index is -0.252. The van der Waals surface area contributed by atoms with E-state index in [1.165, 1.54) is 12.2 Å². The first-order valence-electron chi connectivity index (χ1n) is 4.26. The summed E-state index contributed by atoms with van der Waals surface area (Å²) in [6.07, 6.45) is 5.02. The maximum Gasteiger partial charge on any atom is 0.226 e. The molecule has 78 valence electrons. The van der Waals surface area contributed by atoms with Crippen LogP contribution in [0.25, 0.3) is 0 Å². The second-order valence-electron chi connectivity index (χ2n) is 3.02. The van der Waals surface area contributed by atoms with Crippen LogP contribution in [0.3, 0.4) is 0 Å². The maximum absolute atomic E-state index is 12.7. The van der Waals surface area contributed by atoms with Crippen molar-refractivity contribution in [1.29, 1.82) is 0 Å². The third kappa shape index (κ3) is 2.52. The van der Waals surface area contributed by atoms with Crippen molar-refractivity contribution in [2.75, 3.05) is 0 Å². The molecule has 15 heavy (non-hydrogen) atoms. The number of rotatable bonds is 1. The summed E-state index contributed by atoms with van der Waals surface area (Å²) in [5.41, 5.74) is 0. The van der Waals surface area contributed by atoms with Gasteiger partial charge in [0.25, 0.3) is 0 Å². The van der Waals surface area contributed by atoms with Gasteiger partial charge in [0, 0.05) is 5.92 Å². The Kier molecular flexibility index (Phi) is 2.98. The van der Waals surface area contributed by atoms with E-state index < -0.39 is 0 Å². The summed E-state index contributed by atoms with van der Waals surface area (Å²) in [6.45, 7) is 0. The summed E-state index contributed by atoms with van der Waals surface area (Å²) in [5, 5.41) is 0.0989. The Morgan fingerprint density at radius 1 is 1.20 bits per heavy atom. The Bertz CT molecular complexity index is 425. The van der Waals surface area contributed by atoms with Crippen molar-refractivity contribution < 1.29 is 4.39 Å². The van der Waals surface area contributed by atoms with Gasteiger partial charge in [0.1, 0.15) is 11.7 Å². The first-order chi connectivity index (χ1) is 7.15. The Morgan fingerprint density at radius 3 is 2.40 bits per heavy atom. The number of allylic oxidation sites excluding steroid dienone is 4. The lowest BCUT2D eigenvalue weighted by atomic mass is 10.00. The lowest BCUT2D eigenvalue weighted by Gasteiger charge is -2.11. The average molecular weight is 246 g/mol. The lowest BCUT2D eigenvalue weighted by Crippen LogP contribution is -2.05. The minimum absolute atomic E-state index is 0.0495. The Labute approximate surface area is 95.7 Å². The predicted octanol–water partition coefficient (Wildman–Crippen LogP) is 3.08. The van der Waals surface area contributed by atoms with E-state index in [1.807, 2.05) is 0 Å². The first kappa shape index (κ1) is 10.5. The summed E-state index contributed by atoms with van der Waals surface area (Å²) in [5.74, 6) is 0.111. The van der Waals surface area contributed by atoms with Crippen LogP contribution in [-0.2, 0) is 0 Å². The number of halogens is 3. The molecule has 0 amide bonds. The van der Waals surface area contributed by atoms with Crippen LogP contribution in [0.5, 0.6) is 0 Å². The molecule has 0 saturated heterocycles. The molecule has 0 N–H and O–H groups in total. The molecule has 0 radical (unpaired) electrons. The summed E-state index contributed by atoms with van der Waals surface area (Å²) in [6, 6.07) is 0. The monoisotopic (exact) mass is 245 g/mol. The van der Waals surface area contributed by atoms with Crippen molar-refractivity contribution in [3.8, 4) is 0 Å². The van der Waals surface area contributed by atoms with Crippen molar-refractivity contribution in [2.45, 2.75) is 12.3 Å². The third-order valence-corrected chi connectivity index (χ3v) is 2.32. The minimum Gasteiger partial charge on any atom is -0.207 e. The molecule has 1 aromatic rings. The van der Waals surface area contributed by atoms with Crippen LogP contribution >= 0.6 is 23.2 Å². The van der Waals surface area contributed by atoms with Gasteiger partial charge in [0.15, 0.2) is 0 Å². The molecule has 0 spiro atoms. The van der Waals surface area contributed by atoms with Gasteiger partial charge in [-0.15, -0.1) is 0 Å². The highest BCUT2D eigenvalue weighted by Crippen LogP contribution is 2.25. The molecule has 0 aliphatic heterocycles. The van der Waals surface area contributed by atoms with E-state index in [9.17, 15) is 4.39 Å². The first-order valence-corrected chi connectivity index (χ1v) is 5.01. The topological polar surface area (TPSA) is 38.7 Å². The van der Waals surface area contributed by atoms with Gasteiger partial charge in [0.2, 0.25) is 10.6 Å². The van der Waals surface area contributed by atoms with E-state index >= 15 is 0 Å². The van der Waals surface area contributed by atoms with E-state index in [4.69, 9.17) is 23.2 Å². The van der Waals surface area contributed by atoms with Crippen LogP contribution in [0.15, 0.2) is 24.1 Å². The van der Waals surface area contributed by atoms with E-state index in [0.717, 1.165) is 0 Å². The van der Waals surface area contributed by atoms with Crippen LogP contribution < -0.4 is 0 Å². The highest BCUT2D eigenvalue weighted by molar-refractivity contribution is 6.31. The smallest absolute Gasteiger partial charge is 0.207 e. The number of aromatic nitrogens is 3. The highest BCUT2D eigenvalue weighted by atomic mass is 35.5. The predicted molar refractivity (Wildman–Crippen MR) is 55.5 cm³/mol. The second kappa shape index (κ2) is 4.24. The van der Waals surface area contributed by atoms with Crippen molar-refractivity contribution >= 4 is 23.2 Å². The summed E-state index contributed by atoms with van der Waals surface area (Å²) in [7, 11) is 0. The van der Waals surface area contributed by atoms with E-state index in [-0.39, 0.29) is 22.3 Å². The van der Waals surface area contributed by atoms with Gasteiger partial charge in [-0.2, -0.15) is 4.98 Å². The number of nitrogens with zero attached hydrogens (tertiary/aromatic N) is 3. The van der Waals surface area contributed by atoms with Crippen LogP contribution in [-0.4, -0.2) is 15.0 Å². The van der Waals surface area contributed by atoms with Gasteiger partial charge in [-0.1, -0.05) is 6.08 Å². The second-order valence-corrected chi connectivity index (χ2v) is 3.70. The molecular weight excluding hydrogens is 240 g/mol. The fourth-order valence-corrected chi connectivity index (χ4v) is 1.67. The quantitative estimate of drug-likeness (QED) is 0.764. The summed E-state index contributed by atoms with van der Waals surface area (Å²) < 4.78 is 12.7. The molecule has 0 fully saturated rings. The zero-order valence-electron chi connectivity index (χ0n) is 7.49. The average Bonchev–Trinajstić information content (AvgIpc) is 2.17. The molecule has 0 aromatic carbocycles. The van der Waals surface area contributed by atoms with Crippen LogP contribution in [0.4, 0.5) is 4.39 Å². The standard InChI is InChI=1S/C9H6Cl2FN3/c10-8-13-7(14-9(11)15-8)5-1-3-6(12)4-2-5/h1,3-5H,2H2. The Hall–Kier alpha value is -1.00. The lowest BCUT2D eigenvalue weighted by molar-refractivity contribution is 0.636. The molecule has 1 aliphatic carbocycles. The van der Waals surface area contributed by atoms with Crippen molar-refractivity contribution in [2.24, 2.45) is 0 Å². The molecule has 6 heteroatoms. The third-order valence-electron chi connectivity index (χ3n) is 1.98. The molecular formula is C9H6Cl2FN3. The van der Waals surface area contributed by atoms with Crippen molar-refractivity contribution in [1.82, 2.24) is 15.0 Å². The SMILES string of the molecule is FC1=CCC(c2nc(Cl)nc(Cl)n2)C=C1. The van der Waals surface area contributed by atoms with Crippen LogP contribution in [0.1, 0.15) is 18.2 Å². The molecule has 0 saturated carbocycles. The molecule has 0 bridgehead atoms. The molecule has 1 aliphatic rings. The summed E-state index contributed by atoms with van der Waals surface area (Å²) in [4.78, 5) is 11.5. The summed E-state index contributed by atoms with van der Waals surface area (Å²) >= 11 is 11.3. The molecule has 1 unspecified atom stereocenters. The largest absolute Gasteiger partial charge is 0.226 e. The molecule has 3 nitrogen and oxygen atoms in total. The van der Waals surface area contributed by atoms with Gasteiger partial charge in [0.05, 0.1) is 0 Å². The normalized spacial score (nSPS) is 20.2. The van der Waals surface area contributed by atoms with E-state index in [2.05, 4.69) is 15.0 Å². The Morgan fingerprint density at radius 2 is 1.87 bits per heavy atom. The van der Waals surface area contributed by atoms with Crippen molar-refractivity contribution in [3.63, 3.8) is 0 Å². The van der Waals surface area contributed by atoms with Gasteiger partial charge >= 0.3 is 0 Å². The van der Waals surface area contributed by atoms with Crippen LogP contribution in [0, 0.1) is 0 Å². The zero-order valence-corrected chi connectivity index (χ0v) is 9.00. The fourth-order valence-electron chi connectivity index (χ4n) is 1.29. The van der Waals surface area contributed by atoms with Gasteiger partial charge in [-0.3, -0.25) is 0 Å². The maximum atomic E-state index is 12.7. The molecule has 1 aromatic heterocycles. The molecule has 2 rings (SSSR count). The molecule has 1 atom stereocenters. The zero-order chi connectivity index (χ0) is 10.8. The molecule has 1 heterocycles. The highest BCUT2D eigenvalue weighted by Gasteiger charge is 2.15.